The van der Waals surface area contributed by atoms with Crippen LogP contribution in [-0.2, 0) is 4.74 Å². The van der Waals surface area contributed by atoms with Crippen molar-refractivity contribution in [3.8, 4) is 0 Å². The van der Waals surface area contributed by atoms with Gasteiger partial charge in [0.25, 0.3) is 0 Å². The lowest BCUT2D eigenvalue weighted by Gasteiger charge is -2.40. The van der Waals surface area contributed by atoms with Crippen molar-refractivity contribution in [3.05, 3.63) is 0 Å². The van der Waals surface area contributed by atoms with Gasteiger partial charge in [0.15, 0.2) is 0 Å². The zero-order chi connectivity index (χ0) is 9.19. The Hall–Kier alpha value is -0.0800. The molecule has 0 heterocycles. The Kier molecular flexibility index (Phi) is 3.13. The molecule has 72 valence electrons. The van der Waals surface area contributed by atoms with Gasteiger partial charge in [-0.2, -0.15) is 0 Å². The molecule has 1 N–H and O–H groups in total. The molecule has 0 spiro atoms. The molecular formula is C10H21NO. The van der Waals surface area contributed by atoms with Gasteiger partial charge >= 0.3 is 0 Å². The van der Waals surface area contributed by atoms with Gasteiger partial charge in [-0.05, 0) is 40.2 Å². The molecule has 0 aromatic carbocycles. The molecule has 0 unspecified atom stereocenters. The van der Waals surface area contributed by atoms with Crippen molar-refractivity contribution >= 4 is 0 Å². The molecule has 0 saturated heterocycles. The van der Waals surface area contributed by atoms with Gasteiger partial charge in [-0.15, -0.1) is 0 Å². The first kappa shape index (κ1) is 10.0. The predicted molar refractivity (Wildman–Crippen MR) is 51.3 cm³/mol. The van der Waals surface area contributed by atoms with Gasteiger partial charge < -0.3 is 10.1 Å². The average molecular weight is 171 g/mol. The fraction of sp³-hybridized carbons (Fsp3) is 1.00. The fourth-order valence-corrected chi connectivity index (χ4v) is 1.43. The molecule has 0 aliphatic heterocycles. The van der Waals surface area contributed by atoms with Crippen LogP contribution in [0.3, 0.4) is 0 Å². The van der Waals surface area contributed by atoms with Crippen LogP contribution in [0.1, 0.15) is 40.0 Å². The number of rotatable bonds is 4. The van der Waals surface area contributed by atoms with Crippen LogP contribution in [0.2, 0.25) is 0 Å². The molecule has 1 rings (SSSR count). The van der Waals surface area contributed by atoms with Crippen LogP contribution in [0.25, 0.3) is 0 Å². The fourth-order valence-electron chi connectivity index (χ4n) is 1.43. The average Bonchev–Trinajstić information content (AvgIpc) is 1.96. The van der Waals surface area contributed by atoms with Gasteiger partial charge in [-0.1, -0.05) is 6.92 Å². The van der Waals surface area contributed by atoms with Crippen molar-refractivity contribution in [2.45, 2.75) is 57.8 Å². The normalized spacial score (nSPS) is 30.0. The monoisotopic (exact) mass is 171 g/mol. The van der Waals surface area contributed by atoms with E-state index in [1.807, 2.05) is 7.05 Å². The third-order valence-electron chi connectivity index (χ3n) is 2.84. The molecule has 1 aliphatic carbocycles. The van der Waals surface area contributed by atoms with E-state index in [-0.39, 0.29) is 5.60 Å². The summed E-state index contributed by atoms with van der Waals surface area (Å²) in [5.74, 6) is 0. The molecule has 0 radical (unpaired) electrons. The van der Waals surface area contributed by atoms with Gasteiger partial charge in [0, 0.05) is 6.04 Å². The van der Waals surface area contributed by atoms with Crippen molar-refractivity contribution in [2.24, 2.45) is 0 Å². The quantitative estimate of drug-likeness (QED) is 0.698. The predicted octanol–water partition coefficient (Wildman–Crippen LogP) is 1.94. The van der Waals surface area contributed by atoms with Crippen LogP contribution < -0.4 is 5.32 Å². The minimum Gasteiger partial charge on any atom is -0.372 e. The molecule has 0 aromatic heterocycles. The number of hydrogen-bond donors (Lipinski definition) is 1. The second-order valence-corrected chi connectivity index (χ2v) is 4.31. The molecule has 1 fully saturated rings. The topological polar surface area (TPSA) is 21.3 Å². The smallest absolute Gasteiger partial charge is 0.0627 e. The van der Waals surface area contributed by atoms with E-state index in [4.69, 9.17) is 4.74 Å². The van der Waals surface area contributed by atoms with Crippen LogP contribution in [0, 0.1) is 0 Å². The maximum absolute atomic E-state index is 5.92. The minimum absolute atomic E-state index is 0.0728. The molecule has 0 amide bonds. The van der Waals surface area contributed by atoms with Gasteiger partial charge in [-0.25, -0.2) is 0 Å². The van der Waals surface area contributed by atoms with Crippen LogP contribution in [0.15, 0.2) is 0 Å². The van der Waals surface area contributed by atoms with Crippen molar-refractivity contribution < 1.29 is 4.74 Å². The highest BCUT2D eigenvalue weighted by molar-refractivity contribution is 4.86. The Morgan fingerprint density at radius 1 is 1.42 bits per heavy atom. The van der Waals surface area contributed by atoms with Crippen LogP contribution in [-0.4, -0.2) is 24.8 Å². The van der Waals surface area contributed by atoms with Crippen molar-refractivity contribution in [1.82, 2.24) is 5.32 Å². The first-order valence-electron chi connectivity index (χ1n) is 4.92. The highest BCUT2D eigenvalue weighted by atomic mass is 16.5. The first-order valence-corrected chi connectivity index (χ1v) is 4.92. The molecule has 2 heteroatoms. The van der Waals surface area contributed by atoms with Gasteiger partial charge in [0.05, 0.1) is 11.7 Å². The van der Waals surface area contributed by atoms with Crippen molar-refractivity contribution in [1.29, 1.82) is 0 Å². The second-order valence-electron chi connectivity index (χ2n) is 4.31. The molecule has 0 atom stereocenters. The number of ether oxygens (including phenoxy) is 1. The lowest BCUT2D eigenvalue weighted by Crippen LogP contribution is -2.46. The van der Waals surface area contributed by atoms with E-state index in [0.29, 0.717) is 12.1 Å². The van der Waals surface area contributed by atoms with E-state index in [0.717, 1.165) is 6.42 Å². The molecular weight excluding hydrogens is 150 g/mol. The Morgan fingerprint density at radius 3 is 2.42 bits per heavy atom. The van der Waals surface area contributed by atoms with Gasteiger partial charge in [-0.3, -0.25) is 0 Å². The molecule has 1 aliphatic rings. The van der Waals surface area contributed by atoms with E-state index < -0.39 is 0 Å². The third kappa shape index (κ3) is 2.46. The third-order valence-corrected chi connectivity index (χ3v) is 2.84. The molecule has 0 aromatic rings. The zero-order valence-electron chi connectivity index (χ0n) is 8.68. The summed E-state index contributed by atoms with van der Waals surface area (Å²) >= 11 is 0. The Balaban J connectivity index is 2.18. The van der Waals surface area contributed by atoms with E-state index in [9.17, 15) is 0 Å². The SMILES string of the molecule is CCC(C)(C)OC1CC(NC)C1. The zero-order valence-corrected chi connectivity index (χ0v) is 8.68. The Morgan fingerprint density at radius 2 is 2.00 bits per heavy atom. The van der Waals surface area contributed by atoms with E-state index in [2.05, 4.69) is 26.1 Å². The molecule has 2 nitrogen and oxygen atoms in total. The first-order chi connectivity index (χ1) is 5.57. The summed E-state index contributed by atoms with van der Waals surface area (Å²) < 4.78 is 5.92. The van der Waals surface area contributed by atoms with Crippen LogP contribution in [0.4, 0.5) is 0 Å². The Labute approximate surface area is 75.7 Å². The minimum atomic E-state index is 0.0728. The molecule has 12 heavy (non-hydrogen) atoms. The van der Waals surface area contributed by atoms with Crippen molar-refractivity contribution in [3.63, 3.8) is 0 Å². The van der Waals surface area contributed by atoms with Crippen LogP contribution >= 0.6 is 0 Å². The molecule has 0 bridgehead atoms. The van der Waals surface area contributed by atoms with E-state index >= 15 is 0 Å². The number of hydrogen-bond acceptors (Lipinski definition) is 2. The summed E-state index contributed by atoms with van der Waals surface area (Å²) in [4.78, 5) is 0. The lowest BCUT2D eigenvalue weighted by atomic mass is 9.88. The summed E-state index contributed by atoms with van der Waals surface area (Å²) in [6, 6.07) is 0.697. The van der Waals surface area contributed by atoms with Crippen LogP contribution in [0.5, 0.6) is 0 Å². The summed E-state index contributed by atoms with van der Waals surface area (Å²) in [6.45, 7) is 6.51. The number of nitrogens with one attached hydrogen (secondary N) is 1. The highest BCUT2D eigenvalue weighted by Crippen LogP contribution is 2.28. The van der Waals surface area contributed by atoms with E-state index in [1.54, 1.807) is 0 Å². The van der Waals surface area contributed by atoms with Gasteiger partial charge in [0.2, 0.25) is 0 Å². The summed E-state index contributed by atoms with van der Waals surface area (Å²) in [6.07, 6.45) is 3.95. The maximum Gasteiger partial charge on any atom is 0.0627 e. The van der Waals surface area contributed by atoms with Gasteiger partial charge in [0.1, 0.15) is 0 Å². The summed E-state index contributed by atoms with van der Waals surface area (Å²) in [7, 11) is 2.02. The molecule has 1 saturated carbocycles. The maximum atomic E-state index is 5.92. The summed E-state index contributed by atoms with van der Waals surface area (Å²) in [5.41, 5.74) is 0.0728. The second kappa shape index (κ2) is 3.75. The largest absolute Gasteiger partial charge is 0.372 e. The standard InChI is InChI=1S/C10H21NO/c1-5-10(2,3)12-9-6-8(7-9)11-4/h8-9,11H,5-7H2,1-4H3. The summed E-state index contributed by atoms with van der Waals surface area (Å²) in [5, 5.41) is 3.26. The Bertz CT molecular complexity index is 139. The van der Waals surface area contributed by atoms with Crippen molar-refractivity contribution in [2.75, 3.05) is 7.05 Å². The van der Waals surface area contributed by atoms with E-state index in [1.165, 1.54) is 12.8 Å². The highest BCUT2D eigenvalue weighted by Gasteiger charge is 2.32. The lowest BCUT2D eigenvalue weighted by molar-refractivity contribution is -0.112.